The first-order valence-electron chi connectivity index (χ1n) is 9.82. The first-order valence-corrected chi connectivity index (χ1v) is 11.5. The van der Waals surface area contributed by atoms with E-state index in [1.165, 1.54) is 16.0 Å². The lowest BCUT2D eigenvalue weighted by Gasteiger charge is -2.12. The molecule has 8 nitrogen and oxygen atoms in total. The van der Waals surface area contributed by atoms with Gasteiger partial charge in [0.15, 0.2) is 7.05 Å². The Labute approximate surface area is 177 Å². The molecule has 2 aromatic heterocycles. The fourth-order valence-corrected chi connectivity index (χ4v) is 5.57. The van der Waals surface area contributed by atoms with Crippen LogP contribution in [-0.4, -0.2) is 29.0 Å². The van der Waals surface area contributed by atoms with Crippen molar-refractivity contribution in [1.29, 1.82) is 0 Å². The first-order chi connectivity index (χ1) is 14.0. The SMILES string of the molecule is CCOC(=O)c1c(NC(=O)C(CC)Sc2c(=O)o[nH][n+]2C)sc2c1CCCCC2. The number of anilines is 1. The highest BCUT2D eigenvalue weighted by molar-refractivity contribution is 8.00. The molecule has 2 aromatic rings. The number of thioether (sulfide) groups is 1. The zero-order valence-electron chi connectivity index (χ0n) is 16.8. The van der Waals surface area contributed by atoms with E-state index in [4.69, 9.17) is 9.26 Å². The maximum atomic E-state index is 13.0. The highest BCUT2D eigenvalue weighted by Gasteiger charge is 2.31. The van der Waals surface area contributed by atoms with Crippen molar-refractivity contribution in [2.24, 2.45) is 7.05 Å². The quantitative estimate of drug-likeness (QED) is 0.297. The minimum Gasteiger partial charge on any atom is -0.462 e. The molecule has 2 N–H and O–H groups in total. The van der Waals surface area contributed by atoms with Crippen LogP contribution in [0, 0.1) is 0 Å². The third-order valence-electron chi connectivity index (χ3n) is 4.81. The highest BCUT2D eigenvalue weighted by Crippen LogP contribution is 2.38. The second kappa shape index (κ2) is 9.62. The average Bonchev–Trinajstić information content (AvgIpc) is 3.09. The van der Waals surface area contributed by atoms with Crippen molar-refractivity contribution in [3.8, 4) is 0 Å². The number of nitrogens with one attached hydrogen (secondary N) is 2. The van der Waals surface area contributed by atoms with Gasteiger partial charge < -0.3 is 10.1 Å². The fourth-order valence-electron chi connectivity index (χ4n) is 3.36. The summed E-state index contributed by atoms with van der Waals surface area (Å²) < 4.78 is 11.5. The number of aryl methyl sites for hydroxylation is 2. The summed E-state index contributed by atoms with van der Waals surface area (Å²) in [6, 6.07) is 0. The van der Waals surface area contributed by atoms with Crippen LogP contribution >= 0.6 is 23.1 Å². The molecular weight excluding hydrogens is 414 g/mol. The van der Waals surface area contributed by atoms with Gasteiger partial charge in [0.25, 0.3) is 0 Å². The van der Waals surface area contributed by atoms with Gasteiger partial charge in [-0.05, 0) is 61.6 Å². The van der Waals surface area contributed by atoms with Crippen LogP contribution in [0.1, 0.15) is 60.3 Å². The van der Waals surface area contributed by atoms with Gasteiger partial charge in [-0.3, -0.25) is 9.32 Å². The highest BCUT2D eigenvalue weighted by atomic mass is 32.2. The van der Waals surface area contributed by atoms with Crippen molar-refractivity contribution in [3.05, 3.63) is 26.4 Å². The topological polar surface area (TPSA) is 105 Å². The van der Waals surface area contributed by atoms with Gasteiger partial charge in [0, 0.05) is 4.88 Å². The molecule has 0 saturated carbocycles. The van der Waals surface area contributed by atoms with Crippen LogP contribution in [0.25, 0.3) is 0 Å². The lowest BCUT2D eigenvalue weighted by atomic mass is 10.1. The van der Waals surface area contributed by atoms with Crippen LogP contribution in [0.5, 0.6) is 0 Å². The van der Waals surface area contributed by atoms with Gasteiger partial charge in [-0.2, -0.15) is 0 Å². The molecule has 29 heavy (non-hydrogen) atoms. The van der Waals surface area contributed by atoms with E-state index >= 15 is 0 Å². The van der Waals surface area contributed by atoms with E-state index in [0.717, 1.165) is 54.3 Å². The summed E-state index contributed by atoms with van der Waals surface area (Å²) in [7, 11) is 1.65. The van der Waals surface area contributed by atoms with Crippen LogP contribution in [0.15, 0.2) is 14.3 Å². The first kappa shape index (κ1) is 21.6. The van der Waals surface area contributed by atoms with Crippen LogP contribution < -0.4 is 15.6 Å². The minimum atomic E-state index is -0.515. The molecule has 2 heterocycles. The Hall–Kier alpha value is -2.07. The summed E-state index contributed by atoms with van der Waals surface area (Å²) >= 11 is 2.61. The summed E-state index contributed by atoms with van der Waals surface area (Å²) in [4.78, 5) is 38.6. The molecule has 1 atom stereocenters. The number of nitrogens with zero attached hydrogens (tertiary/aromatic N) is 1. The number of carbonyl (C=O) groups excluding carboxylic acids is 2. The maximum absolute atomic E-state index is 13.0. The summed E-state index contributed by atoms with van der Waals surface area (Å²) in [6.07, 6.45) is 5.49. The monoisotopic (exact) mass is 440 g/mol. The summed E-state index contributed by atoms with van der Waals surface area (Å²) in [5, 5.41) is 5.75. The van der Waals surface area contributed by atoms with Crippen molar-refractivity contribution in [2.75, 3.05) is 11.9 Å². The van der Waals surface area contributed by atoms with Gasteiger partial charge in [0.05, 0.1) is 17.4 Å². The number of thiophene rings is 1. The Balaban J connectivity index is 1.86. The van der Waals surface area contributed by atoms with Crippen LogP contribution in [0.4, 0.5) is 5.00 Å². The number of hydrogen-bond donors (Lipinski definition) is 2. The van der Waals surface area contributed by atoms with E-state index in [2.05, 4.69) is 10.6 Å². The van der Waals surface area contributed by atoms with Gasteiger partial charge in [0.1, 0.15) is 5.00 Å². The van der Waals surface area contributed by atoms with Gasteiger partial charge in [-0.15, -0.1) is 11.3 Å². The van der Waals surface area contributed by atoms with Gasteiger partial charge >= 0.3 is 16.6 Å². The Morgan fingerprint density at radius 1 is 1.31 bits per heavy atom. The Bertz CT molecular complexity index is 946. The number of aromatic nitrogens is 2. The lowest BCUT2D eigenvalue weighted by molar-refractivity contribution is -0.772. The standard InChI is InChI=1S/C19H25N3O5S2/c1-4-12(29-17-19(25)27-21-22(17)3)15(23)20-16-14(18(24)26-5-2)11-9-7-6-8-10-13(11)28-16/h12H,4-10H2,1-3H3,(H-,20,21,23,24,25)/p+1. The van der Waals surface area contributed by atoms with Crippen molar-refractivity contribution >= 4 is 40.0 Å². The number of hydrogen-bond acceptors (Lipinski definition) is 7. The molecule has 1 aliphatic carbocycles. The van der Waals surface area contributed by atoms with E-state index in [-0.39, 0.29) is 18.5 Å². The van der Waals surface area contributed by atoms with Crippen molar-refractivity contribution in [3.63, 3.8) is 0 Å². The van der Waals surface area contributed by atoms with Crippen molar-refractivity contribution in [1.82, 2.24) is 5.27 Å². The van der Waals surface area contributed by atoms with E-state index in [9.17, 15) is 14.4 Å². The van der Waals surface area contributed by atoms with Crippen LogP contribution in [0.3, 0.4) is 0 Å². The number of carbonyl (C=O) groups is 2. The molecule has 1 aliphatic rings. The molecule has 0 radical (unpaired) electrons. The molecular formula is C19H26N3O5S2+. The number of aromatic amines is 1. The van der Waals surface area contributed by atoms with Crippen LogP contribution in [0.2, 0.25) is 0 Å². The molecule has 0 fully saturated rings. The Morgan fingerprint density at radius 2 is 2.07 bits per heavy atom. The predicted octanol–water partition coefficient (Wildman–Crippen LogP) is 2.81. The Kier molecular flexibility index (Phi) is 7.18. The smallest absolute Gasteiger partial charge is 0.441 e. The van der Waals surface area contributed by atoms with Crippen molar-refractivity contribution < 1.29 is 23.5 Å². The second-order valence-electron chi connectivity index (χ2n) is 6.84. The van der Waals surface area contributed by atoms with E-state index in [1.54, 1.807) is 14.0 Å². The summed E-state index contributed by atoms with van der Waals surface area (Å²) in [5.41, 5.74) is 0.993. The maximum Gasteiger partial charge on any atom is 0.441 e. The molecule has 10 heteroatoms. The van der Waals surface area contributed by atoms with E-state index in [1.807, 2.05) is 6.92 Å². The summed E-state index contributed by atoms with van der Waals surface area (Å²) in [6.45, 7) is 3.93. The number of fused-ring (bicyclic) bond motifs is 1. The number of esters is 1. The lowest BCUT2D eigenvalue weighted by Crippen LogP contribution is -2.35. The number of rotatable bonds is 7. The molecule has 1 amide bonds. The summed E-state index contributed by atoms with van der Waals surface area (Å²) in [5.74, 6) is -0.638. The largest absolute Gasteiger partial charge is 0.462 e. The molecule has 0 aliphatic heterocycles. The fraction of sp³-hybridized carbons (Fsp3) is 0.579. The second-order valence-corrected chi connectivity index (χ2v) is 9.13. The van der Waals surface area contributed by atoms with Gasteiger partial charge in [0.2, 0.25) is 5.91 Å². The molecule has 0 aromatic carbocycles. The zero-order chi connectivity index (χ0) is 21.0. The third kappa shape index (κ3) is 4.75. The third-order valence-corrected chi connectivity index (χ3v) is 7.51. The van der Waals surface area contributed by atoms with Gasteiger partial charge in [-0.1, -0.05) is 18.0 Å². The molecule has 1 unspecified atom stereocenters. The molecule has 0 spiro atoms. The normalized spacial score (nSPS) is 14.7. The molecule has 0 bridgehead atoms. The van der Waals surface area contributed by atoms with E-state index in [0.29, 0.717) is 22.0 Å². The van der Waals surface area contributed by atoms with E-state index < -0.39 is 10.9 Å². The average molecular weight is 441 g/mol. The minimum absolute atomic E-state index is 0.250. The number of ether oxygens (including phenoxy) is 1. The zero-order valence-corrected chi connectivity index (χ0v) is 18.5. The number of H-pyrrole nitrogens is 1. The van der Waals surface area contributed by atoms with Crippen LogP contribution in [-0.2, 0) is 29.4 Å². The van der Waals surface area contributed by atoms with Gasteiger partial charge in [-0.25, -0.2) is 9.59 Å². The molecule has 158 valence electrons. The number of amides is 1. The predicted molar refractivity (Wildman–Crippen MR) is 111 cm³/mol. The van der Waals surface area contributed by atoms with Crippen molar-refractivity contribution in [2.45, 2.75) is 62.6 Å². The molecule has 0 saturated heterocycles. The Morgan fingerprint density at radius 3 is 2.72 bits per heavy atom. The molecule has 3 rings (SSSR count).